The molecule has 1 fully saturated rings. The van der Waals surface area contributed by atoms with E-state index >= 15 is 0 Å². The highest BCUT2D eigenvalue weighted by Crippen LogP contribution is 2.41. The summed E-state index contributed by atoms with van der Waals surface area (Å²) in [6, 6.07) is 13.3. The Bertz CT molecular complexity index is 1580. The van der Waals surface area contributed by atoms with E-state index in [2.05, 4.69) is 23.3 Å². The van der Waals surface area contributed by atoms with E-state index in [4.69, 9.17) is 14.2 Å². The summed E-state index contributed by atoms with van der Waals surface area (Å²) >= 11 is 1.20. The number of ether oxygens (including phenoxy) is 3. The molecule has 3 aromatic rings. The van der Waals surface area contributed by atoms with Crippen molar-refractivity contribution in [3.8, 4) is 5.75 Å². The van der Waals surface area contributed by atoms with Crippen LogP contribution in [0.1, 0.15) is 44.7 Å². The number of hydrogen-bond acceptors (Lipinski definition) is 8. The van der Waals surface area contributed by atoms with Crippen LogP contribution >= 0.6 is 11.8 Å². The maximum Gasteiger partial charge on any atom is 0.344 e. The van der Waals surface area contributed by atoms with Gasteiger partial charge in [0.05, 0.1) is 35.4 Å². The molecule has 2 aliphatic rings. The summed E-state index contributed by atoms with van der Waals surface area (Å²) in [6.45, 7) is 7.82. The minimum absolute atomic E-state index is 0.0264. The summed E-state index contributed by atoms with van der Waals surface area (Å²) < 4.78 is 18.4. The molecule has 0 unspecified atom stereocenters. The van der Waals surface area contributed by atoms with Gasteiger partial charge in [-0.25, -0.2) is 9.79 Å². The van der Waals surface area contributed by atoms with Gasteiger partial charge in [-0.15, -0.1) is 0 Å². The highest BCUT2D eigenvalue weighted by atomic mass is 32.2. The molecule has 9 nitrogen and oxygen atoms in total. The Balaban J connectivity index is 1.49. The molecule has 1 saturated heterocycles. The van der Waals surface area contributed by atoms with E-state index in [-0.39, 0.29) is 36.5 Å². The van der Waals surface area contributed by atoms with Crippen LogP contribution in [-0.2, 0) is 32.0 Å². The van der Waals surface area contributed by atoms with Crippen molar-refractivity contribution in [2.24, 2.45) is 4.99 Å². The molecule has 0 aliphatic carbocycles. The van der Waals surface area contributed by atoms with Gasteiger partial charge >= 0.3 is 5.97 Å². The number of aliphatic hydroxyl groups is 1. The molecular weight excluding hydrogens is 566 g/mol. The van der Waals surface area contributed by atoms with E-state index in [1.165, 1.54) is 11.8 Å². The fourth-order valence-corrected chi connectivity index (χ4v) is 6.29. The van der Waals surface area contributed by atoms with Crippen LogP contribution < -0.4 is 10.1 Å². The molecule has 2 aliphatic heterocycles. The first-order valence-corrected chi connectivity index (χ1v) is 15.5. The van der Waals surface area contributed by atoms with Crippen molar-refractivity contribution in [2.45, 2.75) is 52.7 Å². The van der Waals surface area contributed by atoms with E-state index < -0.39 is 5.97 Å². The molecule has 5 rings (SSSR count). The molecule has 0 bridgehead atoms. The fourth-order valence-electron chi connectivity index (χ4n) is 5.27. The lowest BCUT2D eigenvalue weighted by Gasteiger charge is -2.12. The third-order valence-electron chi connectivity index (χ3n) is 7.29. The van der Waals surface area contributed by atoms with Crippen LogP contribution in [0.15, 0.2) is 69.9 Å². The summed E-state index contributed by atoms with van der Waals surface area (Å²) in [7, 11) is 0. The number of aryl methyl sites for hydroxylation is 1. The Morgan fingerprint density at radius 3 is 2.67 bits per heavy atom. The SMILES string of the molecule is CCOC(=O)C1=C(O)/C(=C/c2cn(CC(=O)NC[C@@H]3CCCO3)c3c(CC)cccc23)SC1=Nc1ccc(OCC)cc1. The molecule has 2 aromatic carbocycles. The predicted molar refractivity (Wildman–Crippen MR) is 170 cm³/mol. The first kappa shape index (κ1) is 30.4. The number of hydrogen-bond donors (Lipinski definition) is 2. The topological polar surface area (TPSA) is 111 Å². The molecule has 10 heteroatoms. The summed E-state index contributed by atoms with van der Waals surface area (Å²) in [6.07, 6.45) is 6.59. The molecule has 2 N–H and O–H groups in total. The number of carbonyl (C=O) groups excluding carboxylic acids is 2. The second kappa shape index (κ2) is 14.0. The van der Waals surface area contributed by atoms with Crippen molar-refractivity contribution in [1.82, 2.24) is 9.88 Å². The van der Waals surface area contributed by atoms with Gasteiger partial charge in [0.15, 0.2) is 0 Å². The smallest absolute Gasteiger partial charge is 0.344 e. The molecular formula is C33H37N3O6S. The number of carbonyl (C=O) groups is 2. The summed E-state index contributed by atoms with van der Waals surface area (Å²) in [4.78, 5) is 31.0. The normalized spacial score (nSPS) is 18.6. The third-order valence-corrected chi connectivity index (χ3v) is 8.31. The molecule has 0 saturated carbocycles. The molecule has 43 heavy (non-hydrogen) atoms. The van der Waals surface area contributed by atoms with Gasteiger partial charge in [-0.2, -0.15) is 0 Å². The van der Waals surface area contributed by atoms with Gasteiger partial charge in [0.25, 0.3) is 0 Å². The van der Waals surface area contributed by atoms with Crippen LogP contribution in [0, 0.1) is 0 Å². The van der Waals surface area contributed by atoms with Gasteiger partial charge in [-0.05, 0) is 69.0 Å². The van der Waals surface area contributed by atoms with Crippen molar-refractivity contribution in [1.29, 1.82) is 0 Å². The fraction of sp³-hybridized carbons (Fsp3) is 0.364. The van der Waals surface area contributed by atoms with Gasteiger partial charge in [0.1, 0.15) is 28.7 Å². The number of thioether (sulfide) groups is 1. The molecule has 1 atom stereocenters. The Morgan fingerprint density at radius 2 is 1.98 bits per heavy atom. The average Bonchev–Trinajstić information content (AvgIpc) is 3.72. The number of nitrogens with one attached hydrogen (secondary N) is 1. The van der Waals surface area contributed by atoms with Crippen molar-refractivity contribution >= 4 is 51.3 Å². The number of para-hydroxylation sites is 1. The predicted octanol–water partition coefficient (Wildman–Crippen LogP) is 6.09. The number of esters is 1. The Morgan fingerprint density at radius 1 is 1.16 bits per heavy atom. The Labute approximate surface area is 255 Å². The molecule has 3 heterocycles. The second-order valence-corrected chi connectivity index (χ2v) is 11.2. The van der Waals surface area contributed by atoms with Crippen molar-refractivity contribution < 1.29 is 28.9 Å². The molecule has 0 radical (unpaired) electrons. The standard InChI is InChI=1S/C33H37N3O6S/c1-4-21-9-7-11-26-22(19-36(30(21)26)20-28(37)34-18-25-10-8-16-42-25)17-27-31(38)29(33(39)41-6-3)32(43-27)35-23-12-14-24(15-13-23)40-5-2/h7,9,11-15,17,19,25,38H,4-6,8,10,16,18,20H2,1-3H3,(H,34,37)/b27-17-,35-32?/t25-/m0/s1. The third kappa shape index (κ3) is 6.97. The monoisotopic (exact) mass is 603 g/mol. The number of fused-ring (bicyclic) bond motifs is 1. The zero-order chi connectivity index (χ0) is 30.3. The minimum Gasteiger partial charge on any atom is -0.506 e. The largest absolute Gasteiger partial charge is 0.506 e. The van der Waals surface area contributed by atoms with Crippen LogP contribution in [0.25, 0.3) is 17.0 Å². The van der Waals surface area contributed by atoms with Gasteiger partial charge in [-0.3, -0.25) is 4.79 Å². The average molecular weight is 604 g/mol. The maximum atomic E-state index is 12.9. The van der Waals surface area contributed by atoms with Crippen LogP contribution in [0.2, 0.25) is 0 Å². The zero-order valence-corrected chi connectivity index (χ0v) is 25.5. The van der Waals surface area contributed by atoms with Gasteiger partial charge in [0.2, 0.25) is 5.91 Å². The van der Waals surface area contributed by atoms with Crippen LogP contribution in [0.3, 0.4) is 0 Å². The van der Waals surface area contributed by atoms with Gasteiger partial charge in [0, 0.05) is 30.3 Å². The summed E-state index contributed by atoms with van der Waals surface area (Å²) in [5, 5.41) is 15.6. The highest BCUT2D eigenvalue weighted by molar-refractivity contribution is 8.18. The van der Waals surface area contributed by atoms with Crippen LogP contribution in [-0.4, -0.2) is 59.1 Å². The molecule has 1 aromatic heterocycles. The first-order chi connectivity index (χ1) is 20.9. The second-order valence-electron chi connectivity index (χ2n) is 10.2. The quantitative estimate of drug-likeness (QED) is 0.255. The van der Waals surface area contributed by atoms with Crippen molar-refractivity contribution in [2.75, 3.05) is 26.4 Å². The van der Waals surface area contributed by atoms with Gasteiger partial charge < -0.3 is 29.2 Å². The Kier molecular flexibility index (Phi) is 9.89. The van der Waals surface area contributed by atoms with E-state index in [1.54, 1.807) is 19.1 Å². The Hall–Kier alpha value is -4.02. The van der Waals surface area contributed by atoms with E-state index in [1.807, 2.05) is 48.0 Å². The highest BCUT2D eigenvalue weighted by Gasteiger charge is 2.33. The summed E-state index contributed by atoms with van der Waals surface area (Å²) in [5.41, 5.74) is 3.53. The zero-order valence-electron chi connectivity index (χ0n) is 24.7. The lowest BCUT2D eigenvalue weighted by molar-refractivity contribution is -0.138. The van der Waals surface area contributed by atoms with E-state index in [0.717, 1.165) is 53.6 Å². The molecule has 226 valence electrons. The first-order valence-electron chi connectivity index (χ1n) is 14.7. The number of aromatic nitrogens is 1. The van der Waals surface area contributed by atoms with Crippen LogP contribution in [0.4, 0.5) is 5.69 Å². The van der Waals surface area contributed by atoms with Crippen molar-refractivity contribution in [3.63, 3.8) is 0 Å². The van der Waals surface area contributed by atoms with Crippen LogP contribution in [0.5, 0.6) is 5.75 Å². The van der Waals surface area contributed by atoms with E-state index in [0.29, 0.717) is 28.8 Å². The van der Waals surface area contributed by atoms with Crippen molar-refractivity contribution in [3.05, 3.63) is 76.0 Å². The lowest BCUT2D eigenvalue weighted by Crippen LogP contribution is -2.34. The lowest BCUT2D eigenvalue weighted by atomic mass is 10.1. The summed E-state index contributed by atoms with van der Waals surface area (Å²) in [5.74, 6) is -0.197. The number of aliphatic imine (C=N–C) groups is 1. The minimum atomic E-state index is -0.640. The maximum absolute atomic E-state index is 12.9. The number of aliphatic hydroxyl groups excluding tert-OH is 1. The number of amides is 1. The molecule has 1 amide bonds. The number of rotatable bonds is 11. The van der Waals surface area contributed by atoms with E-state index in [9.17, 15) is 14.7 Å². The van der Waals surface area contributed by atoms with Gasteiger partial charge in [-0.1, -0.05) is 36.9 Å². The molecule has 0 spiro atoms. The number of benzene rings is 2. The number of nitrogens with zero attached hydrogens (tertiary/aromatic N) is 2.